The second-order valence-electron chi connectivity index (χ2n) is 8.24. The number of phenolic OH excluding ortho intramolecular Hbond substituents is 1. The molecule has 2 heterocycles. The van der Waals surface area contributed by atoms with E-state index in [-0.39, 0.29) is 34.9 Å². The van der Waals surface area contributed by atoms with Crippen LogP contribution in [0.5, 0.6) is 11.5 Å². The number of amides is 1. The number of ether oxygens (including phenoxy) is 2. The number of aliphatic hydroxyl groups excluding tert-OH is 1. The van der Waals surface area contributed by atoms with Crippen molar-refractivity contribution in [3.8, 4) is 11.5 Å². The van der Waals surface area contributed by atoms with Gasteiger partial charge < -0.3 is 24.6 Å². The van der Waals surface area contributed by atoms with Crippen molar-refractivity contribution < 1.29 is 33.7 Å². The minimum Gasteiger partial charge on any atom is -0.507 e. The second-order valence-corrected chi connectivity index (χ2v) is 8.24. The molecule has 2 N–H and O–H groups in total. The van der Waals surface area contributed by atoms with Crippen molar-refractivity contribution in [1.29, 1.82) is 0 Å². The van der Waals surface area contributed by atoms with E-state index >= 15 is 0 Å². The molecule has 2 aliphatic rings. The Morgan fingerprint density at radius 1 is 1.12 bits per heavy atom. The van der Waals surface area contributed by atoms with E-state index in [1.165, 1.54) is 42.3 Å². The van der Waals surface area contributed by atoms with Crippen molar-refractivity contribution in [2.75, 3.05) is 46.5 Å². The molecule has 0 aliphatic carbocycles. The van der Waals surface area contributed by atoms with Gasteiger partial charge in [0.15, 0.2) is 11.5 Å². The lowest BCUT2D eigenvalue weighted by atomic mass is 9.95. The van der Waals surface area contributed by atoms with Gasteiger partial charge in [0.1, 0.15) is 11.6 Å². The number of ketones is 1. The SMILES string of the molecule is COc1cc([C@H]2/C(=C(\O)c3ccc(F)cc3)C(=O)C(=O)N2CCCN2CCOCC2)ccc1O. The number of methoxy groups -OCH3 is 1. The number of likely N-dealkylation sites (tertiary alicyclic amines) is 1. The number of morpholine rings is 1. The number of aliphatic hydroxyl groups is 1. The third-order valence-electron chi connectivity index (χ3n) is 6.15. The molecule has 0 saturated carbocycles. The van der Waals surface area contributed by atoms with Crippen LogP contribution in [0.15, 0.2) is 48.0 Å². The number of carbonyl (C=O) groups excluding carboxylic acids is 2. The number of rotatable bonds is 7. The number of hydrogen-bond donors (Lipinski definition) is 2. The fourth-order valence-corrected chi connectivity index (χ4v) is 4.37. The third kappa shape index (κ3) is 4.76. The minimum atomic E-state index is -0.885. The molecule has 0 unspecified atom stereocenters. The highest BCUT2D eigenvalue weighted by Gasteiger charge is 2.46. The molecule has 2 aromatic carbocycles. The Balaban J connectivity index is 1.70. The molecule has 0 aromatic heterocycles. The molecule has 2 aliphatic heterocycles. The van der Waals surface area contributed by atoms with E-state index in [4.69, 9.17) is 9.47 Å². The van der Waals surface area contributed by atoms with Gasteiger partial charge in [-0.25, -0.2) is 4.39 Å². The van der Waals surface area contributed by atoms with Gasteiger partial charge in [0.05, 0.1) is 31.9 Å². The predicted octanol–water partition coefficient (Wildman–Crippen LogP) is 2.68. The molecule has 180 valence electrons. The highest BCUT2D eigenvalue weighted by atomic mass is 19.1. The van der Waals surface area contributed by atoms with Crippen LogP contribution >= 0.6 is 0 Å². The monoisotopic (exact) mass is 470 g/mol. The summed E-state index contributed by atoms with van der Waals surface area (Å²) in [6.07, 6.45) is 0.620. The number of hydrogen-bond acceptors (Lipinski definition) is 7. The van der Waals surface area contributed by atoms with Crippen LogP contribution in [0.2, 0.25) is 0 Å². The minimum absolute atomic E-state index is 0.0873. The number of phenols is 1. The summed E-state index contributed by atoms with van der Waals surface area (Å²) in [5, 5.41) is 21.0. The van der Waals surface area contributed by atoms with Crippen molar-refractivity contribution in [3.63, 3.8) is 0 Å². The number of carbonyl (C=O) groups is 2. The summed E-state index contributed by atoms with van der Waals surface area (Å²) in [5.74, 6) is -2.31. The van der Waals surface area contributed by atoms with Crippen LogP contribution in [0.25, 0.3) is 5.76 Å². The quantitative estimate of drug-likeness (QED) is 0.365. The van der Waals surface area contributed by atoms with Gasteiger partial charge in [-0.05, 0) is 48.4 Å². The van der Waals surface area contributed by atoms with E-state index in [1.807, 2.05) is 0 Å². The summed E-state index contributed by atoms with van der Waals surface area (Å²) < 4.78 is 24.0. The highest BCUT2D eigenvalue weighted by molar-refractivity contribution is 6.46. The zero-order chi connectivity index (χ0) is 24.2. The smallest absolute Gasteiger partial charge is 0.295 e. The zero-order valence-electron chi connectivity index (χ0n) is 18.9. The topological polar surface area (TPSA) is 99.5 Å². The summed E-state index contributed by atoms with van der Waals surface area (Å²) in [4.78, 5) is 29.8. The fourth-order valence-electron chi connectivity index (χ4n) is 4.37. The highest BCUT2D eigenvalue weighted by Crippen LogP contribution is 2.41. The number of benzene rings is 2. The van der Waals surface area contributed by atoms with Crippen LogP contribution in [0.1, 0.15) is 23.6 Å². The van der Waals surface area contributed by atoms with Gasteiger partial charge in [-0.3, -0.25) is 14.5 Å². The summed E-state index contributed by atoms with van der Waals surface area (Å²) in [6.45, 7) is 3.96. The van der Waals surface area contributed by atoms with Crippen LogP contribution in [0.4, 0.5) is 4.39 Å². The average molecular weight is 470 g/mol. The molecule has 0 radical (unpaired) electrons. The van der Waals surface area contributed by atoms with Crippen LogP contribution in [-0.4, -0.2) is 78.2 Å². The van der Waals surface area contributed by atoms with Gasteiger partial charge in [0.2, 0.25) is 0 Å². The molecule has 4 rings (SSSR count). The molecule has 0 bridgehead atoms. The second kappa shape index (κ2) is 10.2. The predicted molar refractivity (Wildman–Crippen MR) is 122 cm³/mol. The zero-order valence-corrected chi connectivity index (χ0v) is 18.9. The van der Waals surface area contributed by atoms with E-state index < -0.39 is 23.5 Å². The lowest BCUT2D eigenvalue weighted by Crippen LogP contribution is -2.38. The molecule has 34 heavy (non-hydrogen) atoms. The summed E-state index contributed by atoms with van der Waals surface area (Å²) in [5.41, 5.74) is 0.642. The van der Waals surface area contributed by atoms with E-state index in [2.05, 4.69) is 4.90 Å². The maximum atomic E-state index is 13.4. The van der Waals surface area contributed by atoms with Gasteiger partial charge in [-0.1, -0.05) is 6.07 Å². The molecule has 2 aromatic rings. The van der Waals surface area contributed by atoms with Gasteiger partial charge >= 0.3 is 0 Å². The van der Waals surface area contributed by atoms with E-state index in [1.54, 1.807) is 12.1 Å². The van der Waals surface area contributed by atoms with Crippen molar-refractivity contribution >= 4 is 17.4 Å². The normalized spacial score (nSPS) is 20.6. The van der Waals surface area contributed by atoms with Crippen molar-refractivity contribution in [2.45, 2.75) is 12.5 Å². The molecule has 1 atom stereocenters. The first-order valence-corrected chi connectivity index (χ1v) is 11.1. The fraction of sp³-hybridized carbons (Fsp3) is 0.360. The number of Topliss-reactive ketones (excluding diaryl/α,β-unsaturated/α-hetero) is 1. The van der Waals surface area contributed by atoms with Crippen molar-refractivity contribution in [1.82, 2.24) is 9.80 Å². The molecule has 0 spiro atoms. The summed E-state index contributed by atoms with van der Waals surface area (Å²) >= 11 is 0. The molecule has 1 amide bonds. The Labute approximate surface area is 196 Å². The Bertz CT molecular complexity index is 1100. The van der Waals surface area contributed by atoms with Crippen molar-refractivity contribution in [2.24, 2.45) is 0 Å². The van der Waals surface area contributed by atoms with Crippen LogP contribution in [-0.2, 0) is 14.3 Å². The number of aromatic hydroxyl groups is 1. The van der Waals surface area contributed by atoms with Gasteiger partial charge in [0, 0.05) is 31.7 Å². The summed E-state index contributed by atoms with van der Waals surface area (Å²) in [7, 11) is 1.40. The third-order valence-corrected chi connectivity index (χ3v) is 6.15. The van der Waals surface area contributed by atoms with Crippen LogP contribution in [0, 0.1) is 5.82 Å². The molecule has 8 nitrogen and oxygen atoms in total. The summed E-state index contributed by atoms with van der Waals surface area (Å²) in [6, 6.07) is 8.71. The van der Waals surface area contributed by atoms with E-state index in [9.17, 15) is 24.2 Å². The Morgan fingerprint density at radius 3 is 2.50 bits per heavy atom. The Hall–Kier alpha value is -3.43. The maximum Gasteiger partial charge on any atom is 0.295 e. The van der Waals surface area contributed by atoms with Crippen molar-refractivity contribution in [3.05, 3.63) is 65.0 Å². The molecular weight excluding hydrogens is 443 g/mol. The van der Waals surface area contributed by atoms with Gasteiger partial charge in [0.25, 0.3) is 11.7 Å². The number of halogens is 1. The van der Waals surface area contributed by atoms with Crippen LogP contribution in [0.3, 0.4) is 0 Å². The molecule has 2 fully saturated rings. The first kappa shape index (κ1) is 23.7. The van der Waals surface area contributed by atoms with Gasteiger partial charge in [-0.2, -0.15) is 0 Å². The van der Waals surface area contributed by atoms with Gasteiger partial charge in [-0.15, -0.1) is 0 Å². The molecule has 2 saturated heterocycles. The van der Waals surface area contributed by atoms with Crippen LogP contribution < -0.4 is 4.74 Å². The maximum absolute atomic E-state index is 13.4. The Morgan fingerprint density at radius 2 is 1.82 bits per heavy atom. The van der Waals surface area contributed by atoms with E-state index in [0.717, 1.165) is 19.6 Å². The average Bonchev–Trinajstić information content (AvgIpc) is 3.10. The molecule has 9 heteroatoms. The first-order chi connectivity index (χ1) is 16.4. The molecular formula is C25H27FN2O6. The van der Waals surface area contributed by atoms with E-state index in [0.29, 0.717) is 25.2 Å². The largest absolute Gasteiger partial charge is 0.507 e. The Kier molecular flexibility index (Phi) is 7.14. The standard InChI is InChI=1S/C25H27FN2O6/c1-33-20-15-17(5-8-19(20)29)22-21(23(30)16-3-6-18(26)7-4-16)24(31)25(32)28(22)10-2-9-27-11-13-34-14-12-27/h3-8,15,22,29-30H,2,9-14H2,1H3/b23-21+/t22-/m0/s1. The number of nitrogens with zero attached hydrogens (tertiary/aromatic N) is 2. The first-order valence-electron chi connectivity index (χ1n) is 11.1. The lowest BCUT2D eigenvalue weighted by molar-refractivity contribution is -0.140. The lowest BCUT2D eigenvalue weighted by Gasteiger charge is -2.29.